The third-order valence-electron chi connectivity index (χ3n) is 3.67. The van der Waals surface area contributed by atoms with Gasteiger partial charge < -0.3 is 9.79 Å². The lowest BCUT2D eigenvalue weighted by molar-refractivity contribution is 0.337. The Hall–Kier alpha value is -1.67. The molecule has 4 heteroatoms. The van der Waals surface area contributed by atoms with Gasteiger partial charge in [0.15, 0.2) is 0 Å². The predicted octanol–water partition coefficient (Wildman–Crippen LogP) is 3.57. The van der Waals surface area contributed by atoms with Gasteiger partial charge in [0.2, 0.25) is 0 Å². The zero-order chi connectivity index (χ0) is 15.3. The Morgan fingerprint density at radius 2 is 1.29 bits per heavy atom. The van der Waals surface area contributed by atoms with Gasteiger partial charge in [-0.05, 0) is 24.0 Å². The first-order valence-electron chi connectivity index (χ1n) is 6.74. The largest absolute Gasteiger partial charge is 0.336 e. The van der Waals surface area contributed by atoms with Crippen LogP contribution >= 0.6 is 7.60 Å². The van der Waals surface area contributed by atoms with Crippen LogP contribution in [-0.4, -0.2) is 14.9 Å². The number of rotatable bonds is 6. The molecule has 110 valence electrons. The minimum atomic E-state index is -4.36. The van der Waals surface area contributed by atoms with E-state index in [9.17, 15) is 14.4 Å². The molecular weight excluding hydrogens is 283 g/mol. The van der Waals surface area contributed by atoms with E-state index in [2.05, 4.69) is 6.58 Å². The molecule has 0 fully saturated rings. The predicted molar refractivity (Wildman–Crippen MR) is 85.3 cm³/mol. The Bertz CT molecular complexity index is 590. The van der Waals surface area contributed by atoms with Crippen LogP contribution in [0.2, 0.25) is 0 Å². The molecule has 0 aliphatic carbocycles. The molecule has 0 heterocycles. The van der Waals surface area contributed by atoms with Gasteiger partial charge in [0.1, 0.15) is 0 Å². The lowest BCUT2D eigenvalue weighted by Gasteiger charge is -2.31. The highest BCUT2D eigenvalue weighted by Gasteiger charge is 2.44. The van der Waals surface area contributed by atoms with E-state index in [1.165, 1.54) is 6.08 Å². The second-order valence-electron chi connectivity index (χ2n) is 5.18. The monoisotopic (exact) mass is 302 g/mol. The van der Waals surface area contributed by atoms with Crippen LogP contribution in [-0.2, 0) is 17.4 Å². The van der Waals surface area contributed by atoms with Crippen LogP contribution in [0.25, 0.3) is 0 Å². The molecule has 0 spiro atoms. The fourth-order valence-electron chi connectivity index (χ4n) is 2.43. The fourth-order valence-corrected chi connectivity index (χ4v) is 3.45. The summed E-state index contributed by atoms with van der Waals surface area (Å²) in [6.07, 6.45) is 1.93. The molecule has 0 bridgehead atoms. The average molecular weight is 302 g/mol. The molecule has 0 saturated heterocycles. The molecule has 0 aliphatic heterocycles. The maximum atomic E-state index is 12.1. The minimum Gasteiger partial charge on any atom is -0.324 e. The first-order valence-corrected chi connectivity index (χ1v) is 8.35. The summed E-state index contributed by atoms with van der Waals surface area (Å²) in [4.78, 5) is 19.8. The third kappa shape index (κ3) is 3.70. The number of hydrogen-bond donors (Lipinski definition) is 2. The highest BCUT2D eigenvalue weighted by molar-refractivity contribution is 7.53. The van der Waals surface area contributed by atoms with Crippen LogP contribution in [0.4, 0.5) is 0 Å². The Labute approximate surface area is 125 Å². The molecule has 3 nitrogen and oxygen atoms in total. The molecule has 2 N–H and O–H groups in total. The van der Waals surface area contributed by atoms with E-state index in [1.54, 1.807) is 0 Å². The van der Waals surface area contributed by atoms with Gasteiger partial charge in [-0.15, -0.1) is 6.58 Å². The van der Waals surface area contributed by atoms with Gasteiger partial charge in [-0.2, -0.15) is 0 Å². The van der Waals surface area contributed by atoms with Crippen molar-refractivity contribution in [1.29, 1.82) is 0 Å². The molecule has 0 radical (unpaired) electrons. The van der Waals surface area contributed by atoms with Crippen LogP contribution in [0.5, 0.6) is 0 Å². The van der Waals surface area contributed by atoms with Gasteiger partial charge in [0.25, 0.3) is 0 Å². The first-order chi connectivity index (χ1) is 9.97. The number of allylic oxidation sites excluding steroid dienone is 1. The lowest BCUT2D eigenvalue weighted by Crippen LogP contribution is -2.32. The molecule has 0 aliphatic rings. The molecule has 0 saturated carbocycles. The summed E-state index contributed by atoms with van der Waals surface area (Å²) in [5.74, 6) is 0. The van der Waals surface area contributed by atoms with Gasteiger partial charge in [0, 0.05) is 0 Å². The summed E-state index contributed by atoms with van der Waals surface area (Å²) in [7, 11) is -4.36. The lowest BCUT2D eigenvalue weighted by atomic mass is 9.91. The van der Waals surface area contributed by atoms with Gasteiger partial charge in [-0.25, -0.2) is 0 Å². The van der Waals surface area contributed by atoms with Crippen molar-refractivity contribution in [3.8, 4) is 0 Å². The van der Waals surface area contributed by atoms with Crippen molar-refractivity contribution >= 4 is 7.60 Å². The van der Waals surface area contributed by atoms with Crippen molar-refractivity contribution < 1.29 is 14.4 Å². The van der Waals surface area contributed by atoms with Crippen LogP contribution < -0.4 is 0 Å². The van der Waals surface area contributed by atoms with Crippen molar-refractivity contribution in [1.82, 2.24) is 0 Å². The summed E-state index contributed by atoms with van der Waals surface area (Å²) in [6.45, 7) is 3.70. The van der Waals surface area contributed by atoms with Crippen molar-refractivity contribution in [2.75, 3.05) is 0 Å². The van der Waals surface area contributed by atoms with Crippen LogP contribution in [0.1, 0.15) is 11.1 Å². The van der Waals surface area contributed by atoms with Gasteiger partial charge >= 0.3 is 7.60 Å². The zero-order valence-electron chi connectivity index (χ0n) is 11.7. The molecular formula is C17H19O3P. The van der Waals surface area contributed by atoms with Crippen molar-refractivity contribution in [2.45, 2.75) is 18.0 Å². The third-order valence-corrected chi connectivity index (χ3v) is 5.33. The van der Waals surface area contributed by atoms with Gasteiger partial charge in [-0.3, -0.25) is 4.57 Å². The number of benzene rings is 2. The Kier molecular flexibility index (Phi) is 4.79. The summed E-state index contributed by atoms with van der Waals surface area (Å²) in [5, 5.41) is -1.28. The van der Waals surface area contributed by atoms with Crippen LogP contribution in [0, 0.1) is 0 Å². The van der Waals surface area contributed by atoms with E-state index >= 15 is 0 Å². The Morgan fingerprint density at radius 1 is 0.905 bits per heavy atom. The van der Waals surface area contributed by atoms with E-state index in [0.29, 0.717) is 0 Å². The summed E-state index contributed by atoms with van der Waals surface area (Å²) >= 11 is 0. The average Bonchev–Trinajstić information content (AvgIpc) is 2.47. The standard InChI is InChI=1S/C17H19O3P/c1-2-17(21(18,19)20,13-15-9-5-3-6-10-15)14-16-11-7-4-8-12-16/h2-12H,1,13-14H2,(H2,18,19,20). The minimum absolute atomic E-state index is 0.260. The molecule has 0 unspecified atom stereocenters. The summed E-state index contributed by atoms with van der Waals surface area (Å²) in [6, 6.07) is 18.7. The molecule has 2 aromatic rings. The highest BCUT2D eigenvalue weighted by Crippen LogP contribution is 2.54. The smallest absolute Gasteiger partial charge is 0.324 e. The van der Waals surface area contributed by atoms with Gasteiger partial charge in [0.05, 0.1) is 5.16 Å². The zero-order valence-corrected chi connectivity index (χ0v) is 12.6. The summed E-state index contributed by atoms with van der Waals surface area (Å²) < 4.78 is 12.1. The molecule has 2 rings (SSSR count). The number of hydrogen-bond acceptors (Lipinski definition) is 1. The highest BCUT2D eigenvalue weighted by atomic mass is 31.2. The SMILES string of the molecule is C=CC(Cc1ccccc1)(Cc1ccccc1)P(=O)(O)O. The van der Waals surface area contributed by atoms with Crippen molar-refractivity contribution in [3.63, 3.8) is 0 Å². The molecule has 0 amide bonds. The molecule has 21 heavy (non-hydrogen) atoms. The second-order valence-corrected chi connectivity index (χ2v) is 7.16. The van der Waals surface area contributed by atoms with E-state index in [0.717, 1.165) is 11.1 Å². The molecule has 2 aromatic carbocycles. The molecule has 0 aromatic heterocycles. The first kappa shape index (κ1) is 15.7. The van der Waals surface area contributed by atoms with E-state index in [-0.39, 0.29) is 12.8 Å². The normalized spacial score (nSPS) is 12.1. The second kappa shape index (κ2) is 6.40. The quantitative estimate of drug-likeness (QED) is 0.633. The van der Waals surface area contributed by atoms with Gasteiger partial charge in [-0.1, -0.05) is 66.7 Å². The van der Waals surface area contributed by atoms with Crippen LogP contribution in [0.15, 0.2) is 73.3 Å². The topological polar surface area (TPSA) is 57.5 Å². The van der Waals surface area contributed by atoms with Crippen LogP contribution in [0.3, 0.4) is 0 Å². The van der Waals surface area contributed by atoms with E-state index < -0.39 is 12.8 Å². The fraction of sp³-hybridized carbons (Fsp3) is 0.176. The van der Waals surface area contributed by atoms with Crippen molar-refractivity contribution in [2.24, 2.45) is 0 Å². The van der Waals surface area contributed by atoms with E-state index in [4.69, 9.17) is 0 Å². The van der Waals surface area contributed by atoms with E-state index in [1.807, 2.05) is 60.7 Å². The maximum Gasteiger partial charge on any atom is 0.336 e. The Balaban J connectivity index is 2.39. The maximum absolute atomic E-state index is 12.1. The summed E-state index contributed by atoms with van der Waals surface area (Å²) in [5.41, 5.74) is 1.77. The molecule has 0 atom stereocenters. The Morgan fingerprint density at radius 3 is 1.57 bits per heavy atom. The van der Waals surface area contributed by atoms with Crippen molar-refractivity contribution in [3.05, 3.63) is 84.4 Å².